The standard InChI is InChI=1S/C21H25N3OS/c1-4-5-6-18-8-7-17(14-22)21(24-18)26-10-9-20(25)23-19-12-15(2)11-16(3)13-19/h7-8,11-13H,4-6,9-10H2,1-3H3,(H,23,25). The molecule has 0 saturated carbocycles. The van der Waals surface area contributed by atoms with Crippen LogP contribution < -0.4 is 5.32 Å². The minimum atomic E-state index is -0.0249. The van der Waals surface area contributed by atoms with Crippen LogP contribution >= 0.6 is 11.8 Å². The molecule has 0 fully saturated rings. The molecule has 0 aliphatic rings. The van der Waals surface area contributed by atoms with Crippen molar-refractivity contribution in [2.24, 2.45) is 0 Å². The Labute approximate surface area is 160 Å². The van der Waals surface area contributed by atoms with E-state index in [1.54, 1.807) is 0 Å². The van der Waals surface area contributed by atoms with Crippen LogP contribution in [0.2, 0.25) is 0 Å². The zero-order valence-electron chi connectivity index (χ0n) is 15.6. The second-order valence-corrected chi connectivity index (χ2v) is 7.48. The zero-order valence-corrected chi connectivity index (χ0v) is 16.4. The van der Waals surface area contributed by atoms with Gasteiger partial charge in [0, 0.05) is 23.6 Å². The normalized spacial score (nSPS) is 10.4. The minimum absolute atomic E-state index is 0.0249. The topological polar surface area (TPSA) is 65.8 Å². The van der Waals surface area contributed by atoms with Crippen LogP contribution in [0, 0.1) is 25.2 Å². The molecule has 1 aromatic carbocycles. The molecule has 5 heteroatoms. The third kappa shape index (κ3) is 6.20. The molecule has 26 heavy (non-hydrogen) atoms. The second-order valence-electron chi connectivity index (χ2n) is 6.39. The number of carbonyl (C=O) groups excluding carboxylic acids is 1. The van der Waals surface area contributed by atoms with Crippen LogP contribution in [0.25, 0.3) is 0 Å². The monoisotopic (exact) mass is 367 g/mol. The van der Waals surface area contributed by atoms with Gasteiger partial charge in [-0.25, -0.2) is 4.98 Å². The summed E-state index contributed by atoms with van der Waals surface area (Å²) >= 11 is 1.47. The number of hydrogen-bond donors (Lipinski definition) is 1. The molecule has 0 bridgehead atoms. The Morgan fingerprint density at radius 1 is 1.23 bits per heavy atom. The molecule has 0 radical (unpaired) electrons. The van der Waals surface area contributed by atoms with Crippen LogP contribution in [0.1, 0.15) is 48.6 Å². The Bertz CT molecular complexity index is 791. The van der Waals surface area contributed by atoms with Gasteiger partial charge in [0.2, 0.25) is 5.91 Å². The molecule has 0 saturated heterocycles. The lowest BCUT2D eigenvalue weighted by molar-refractivity contribution is -0.115. The van der Waals surface area contributed by atoms with E-state index in [1.807, 2.05) is 38.1 Å². The highest BCUT2D eigenvalue weighted by molar-refractivity contribution is 7.99. The van der Waals surface area contributed by atoms with Crippen LogP contribution in [-0.4, -0.2) is 16.6 Å². The van der Waals surface area contributed by atoms with Crippen LogP contribution in [0.3, 0.4) is 0 Å². The number of aryl methyl sites for hydroxylation is 3. The number of nitrogens with one attached hydrogen (secondary N) is 1. The van der Waals surface area contributed by atoms with E-state index in [0.29, 0.717) is 17.7 Å². The van der Waals surface area contributed by atoms with Crippen LogP contribution in [0.5, 0.6) is 0 Å². The van der Waals surface area contributed by atoms with Crippen LogP contribution in [-0.2, 0) is 11.2 Å². The second kappa shape index (κ2) is 9.98. The van der Waals surface area contributed by atoms with Crippen molar-refractivity contribution < 1.29 is 4.79 Å². The van der Waals surface area contributed by atoms with Gasteiger partial charge in [-0.3, -0.25) is 4.79 Å². The van der Waals surface area contributed by atoms with Crippen LogP contribution in [0.15, 0.2) is 35.4 Å². The summed E-state index contributed by atoms with van der Waals surface area (Å²) < 4.78 is 0. The quantitative estimate of drug-likeness (QED) is 0.664. The molecule has 2 aromatic rings. The number of unbranched alkanes of at least 4 members (excludes halogenated alkanes) is 1. The largest absolute Gasteiger partial charge is 0.326 e. The fraction of sp³-hybridized carbons (Fsp3) is 0.381. The molecule has 1 aromatic heterocycles. The number of carbonyl (C=O) groups is 1. The lowest BCUT2D eigenvalue weighted by Crippen LogP contribution is -2.12. The van der Waals surface area contributed by atoms with Gasteiger partial charge in [0.1, 0.15) is 11.1 Å². The summed E-state index contributed by atoms with van der Waals surface area (Å²) in [5.41, 5.74) is 4.66. The van der Waals surface area contributed by atoms with E-state index in [1.165, 1.54) is 11.8 Å². The summed E-state index contributed by atoms with van der Waals surface area (Å²) in [6, 6.07) is 11.9. The zero-order chi connectivity index (χ0) is 18.9. The van der Waals surface area contributed by atoms with E-state index in [0.717, 1.165) is 46.8 Å². The van der Waals surface area contributed by atoms with Gasteiger partial charge in [-0.05, 0) is 62.1 Å². The van der Waals surface area contributed by atoms with E-state index in [-0.39, 0.29) is 5.91 Å². The molecule has 4 nitrogen and oxygen atoms in total. The number of benzene rings is 1. The lowest BCUT2D eigenvalue weighted by Gasteiger charge is -2.08. The Morgan fingerprint density at radius 2 is 1.96 bits per heavy atom. The number of nitrogens with zero attached hydrogens (tertiary/aromatic N) is 2. The molecular weight excluding hydrogens is 342 g/mol. The molecular formula is C21H25N3OS. The first-order valence-corrected chi connectivity index (χ1v) is 9.91. The first kappa shape index (κ1) is 20.0. The Kier molecular flexibility index (Phi) is 7.68. The van der Waals surface area contributed by atoms with Gasteiger partial charge in [-0.1, -0.05) is 19.4 Å². The number of pyridine rings is 1. The molecule has 0 aliphatic heterocycles. The van der Waals surface area contributed by atoms with E-state index in [4.69, 9.17) is 0 Å². The van der Waals surface area contributed by atoms with Crippen molar-refractivity contribution in [2.45, 2.75) is 51.5 Å². The van der Waals surface area contributed by atoms with E-state index < -0.39 is 0 Å². The van der Waals surface area contributed by atoms with Crippen LogP contribution in [0.4, 0.5) is 5.69 Å². The third-order valence-corrected chi connectivity index (χ3v) is 4.89. The lowest BCUT2D eigenvalue weighted by atomic mass is 10.1. The van der Waals surface area contributed by atoms with Gasteiger partial charge in [0.25, 0.3) is 0 Å². The molecule has 2 rings (SSSR count). The molecule has 0 aliphatic carbocycles. The van der Waals surface area contributed by atoms with Gasteiger partial charge in [-0.15, -0.1) is 11.8 Å². The fourth-order valence-electron chi connectivity index (χ4n) is 2.68. The predicted molar refractivity (Wildman–Crippen MR) is 107 cm³/mol. The molecule has 1 N–H and O–H groups in total. The fourth-order valence-corrected chi connectivity index (χ4v) is 3.61. The van der Waals surface area contributed by atoms with Crippen molar-refractivity contribution in [2.75, 3.05) is 11.1 Å². The van der Waals surface area contributed by atoms with E-state index >= 15 is 0 Å². The maximum Gasteiger partial charge on any atom is 0.225 e. The number of amides is 1. The average molecular weight is 368 g/mol. The van der Waals surface area contributed by atoms with E-state index in [2.05, 4.69) is 29.4 Å². The maximum atomic E-state index is 12.2. The highest BCUT2D eigenvalue weighted by atomic mass is 32.2. The van der Waals surface area contributed by atoms with Gasteiger partial charge in [0.15, 0.2) is 0 Å². The average Bonchev–Trinajstić information content (AvgIpc) is 2.59. The SMILES string of the molecule is CCCCc1ccc(C#N)c(SCCC(=O)Nc2cc(C)cc(C)c2)n1. The summed E-state index contributed by atoms with van der Waals surface area (Å²) in [5, 5.41) is 12.9. The molecule has 0 unspecified atom stereocenters. The van der Waals surface area contributed by atoms with Crippen molar-refractivity contribution in [3.63, 3.8) is 0 Å². The molecule has 0 atom stereocenters. The minimum Gasteiger partial charge on any atom is -0.326 e. The summed E-state index contributed by atoms with van der Waals surface area (Å²) in [6.07, 6.45) is 3.50. The van der Waals surface area contributed by atoms with Gasteiger partial charge < -0.3 is 5.32 Å². The van der Waals surface area contributed by atoms with Crippen molar-refractivity contribution >= 4 is 23.4 Å². The number of rotatable bonds is 8. The Balaban J connectivity index is 1.92. The molecule has 1 amide bonds. The Morgan fingerprint density at radius 3 is 2.62 bits per heavy atom. The predicted octanol–water partition coefficient (Wildman–Crippen LogP) is 5.03. The number of thioether (sulfide) groups is 1. The van der Waals surface area contributed by atoms with Gasteiger partial charge in [0.05, 0.1) is 5.56 Å². The van der Waals surface area contributed by atoms with Crippen molar-refractivity contribution in [3.05, 3.63) is 52.7 Å². The van der Waals surface area contributed by atoms with E-state index in [9.17, 15) is 10.1 Å². The Hall–Kier alpha value is -2.32. The number of nitriles is 1. The van der Waals surface area contributed by atoms with Gasteiger partial charge >= 0.3 is 0 Å². The maximum absolute atomic E-state index is 12.2. The molecule has 1 heterocycles. The van der Waals surface area contributed by atoms with Crippen molar-refractivity contribution in [1.29, 1.82) is 5.26 Å². The molecule has 136 valence electrons. The number of anilines is 1. The third-order valence-electron chi connectivity index (χ3n) is 3.90. The highest BCUT2D eigenvalue weighted by Gasteiger charge is 2.09. The highest BCUT2D eigenvalue weighted by Crippen LogP contribution is 2.22. The van der Waals surface area contributed by atoms with Crippen molar-refractivity contribution in [3.8, 4) is 6.07 Å². The van der Waals surface area contributed by atoms with Gasteiger partial charge in [-0.2, -0.15) is 5.26 Å². The summed E-state index contributed by atoms with van der Waals surface area (Å²) in [7, 11) is 0. The van der Waals surface area contributed by atoms with Crippen molar-refractivity contribution in [1.82, 2.24) is 4.98 Å². The first-order chi connectivity index (χ1) is 12.5. The number of hydrogen-bond acceptors (Lipinski definition) is 4. The smallest absolute Gasteiger partial charge is 0.225 e. The first-order valence-electron chi connectivity index (χ1n) is 8.92. The summed E-state index contributed by atoms with van der Waals surface area (Å²) in [6.45, 7) is 6.17. The molecule has 0 spiro atoms. The number of aromatic nitrogens is 1. The summed E-state index contributed by atoms with van der Waals surface area (Å²) in [5.74, 6) is 0.568. The summed E-state index contributed by atoms with van der Waals surface area (Å²) in [4.78, 5) is 16.8.